The number of carbonyl (C=O) groups excluding carboxylic acids is 1. The highest BCUT2D eigenvalue weighted by Gasteiger charge is 2.31. The molecule has 0 saturated carbocycles. The van der Waals surface area contributed by atoms with Crippen LogP contribution in [0.15, 0.2) is 47.5 Å². The fraction of sp³-hybridized carbons (Fsp3) is 0.400. The SMILES string of the molecule is Cc1cc(NC(=O)c2ccc(S(=O)(=O)N3CC(C)CC(C)C3)cc2)ccn1. The van der Waals surface area contributed by atoms with Gasteiger partial charge in [0, 0.05) is 36.2 Å². The first kappa shape index (κ1) is 19.5. The van der Waals surface area contributed by atoms with E-state index in [4.69, 9.17) is 0 Å². The molecule has 0 bridgehead atoms. The number of nitrogens with one attached hydrogen (secondary N) is 1. The van der Waals surface area contributed by atoms with Gasteiger partial charge in [-0.15, -0.1) is 0 Å². The van der Waals surface area contributed by atoms with Gasteiger partial charge in [0.05, 0.1) is 4.90 Å². The summed E-state index contributed by atoms with van der Waals surface area (Å²) < 4.78 is 27.4. The lowest BCUT2D eigenvalue weighted by Gasteiger charge is -2.34. The van der Waals surface area contributed by atoms with E-state index in [1.807, 2.05) is 6.92 Å². The van der Waals surface area contributed by atoms with Crippen LogP contribution in [0.3, 0.4) is 0 Å². The summed E-state index contributed by atoms with van der Waals surface area (Å²) >= 11 is 0. The number of piperidine rings is 1. The molecule has 27 heavy (non-hydrogen) atoms. The molecule has 0 spiro atoms. The van der Waals surface area contributed by atoms with Gasteiger partial charge >= 0.3 is 0 Å². The van der Waals surface area contributed by atoms with Gasteiger partial charge in [0.2, 0.25) is 10.0 Å². The first-order valence-corrected chi connectivity index (χ1v) is 10.5. The van der Waals surface area contributed by atoms with Crippen molar-refractivity contribution >= 4 is 21.6 Å². The van der Waals surface area contributed by atoms with Crippen molar-refractivity contribution in [2.75, 3.05) is 18.4 Å². The Labute approximate surface area is 160 Å². The zero-order chi connectivity index (χ0) is 19.6. The van der Waals surface area contributed by atoms with Gasteiger partial charge in [0.15, 0.2) is 0 Å². The minimum absolute atomic E-state index is 0.222. The average molecular weight is 388 g/mol. The number of nitrogens with zero attached hydrogens (tertiary/aromatic N) is 2. The predicted octanol–water partition coefficient (Wildman–Crippen LogP) is 3.31. The minimum Gasteiger partial charge on any atom is -0.322 e. The lowest BCUT2D eigenvalue weighted by atomic mass is 9.94. The molecule has 7 heteroatoms. The fourth-order valence-electron chi connectivity index (χ4n) is 3.56. The van der Waals surface area contributed by atoms with E-state index < -0.39 is 10.0 Å². The van der Waals surface area contributed by atoms with Crippen molar-refractivity contribution in [3.05, 3.63) is 53.9 Å². The molecule has 1 amide bonds. The topological polar surface area (TPSA) is 79.4 Å². The normalized spacial score (nSPS) is 21.0. The fourth-order valence-corrected chi connectivity index (χ4v) is 5.24. The molecule has 1 saturated heterocycles. The highest BCUT2D eigenvalue weighted by atomic mass is 32.2. The van der Waals surface area contributed by atoms with Crippen LogP contribution < -0.4 is 5.32 Å². The first-order chi connectivity index (χ1) is 12.8. The molecule has 1 aliphatic heterocycles. The van der Waals surface area contributed by atoms with E-state index in [0.29, 0.717) is 36.2 Å². The third kappa shape index (κ3) is 4.54. The summed E-state index contributed by atoms with van der Waals surface area (Å²) in [4.78, 5) is 16.7. The van der Waals surface area contributed by atoms with Crippen LogP contribution >= 0.6 is 0 Å². The number of benzene rings is 1. The molecule has 1 fully saturated rings. The maximum absolute atomic E-state index is 12.9. The van der Waals surface area contributed by atoms with Crippen LogP contribution in [0.2, 0.25) is 0 Å². The van der Waals surface area contributed by atoms with Gasteiger partial charge in [-0.2, -0.15) is 4.31 Å². The molecular weight excluding hydrogens is 362 g/mol. The number of pyridine rings is 1. The number of aromatic nitrogens is 1. The molecule has 2 aromatic rings. The highest BCUT2D eigenvalue weighted by molar-refractivity contribution is 7.89. The van der Waals surface area contributed by atoms with E-state index in [1.54, 1.807) is 34.8 Å². The number of sulfonamides is 1. The molecule has 1 N–H and O–H groups in total. The number of anilines is 1. The molecule has 2 heterocycles. The Morgan fingerprint density at radius 3 is 2.33 bits per heavy atom. The van der Waals surface area contributed by atoms with Crippen molar-refractivity contribution in [2.45, 2.75) is 32.1 Å². The van der Waals surface area contributed by atoms with Crippen molar-refractivity contribution in [2.24, 2.45) is 11.8 Å². The van der Waals surface area contributed by atoms with Crippen molar-refractivity contribution in [1.82, 2.24) is 9.29 Å². The first-order valence-electron chi connectivity index (χ1n) is 9.10. The van der Waals surface area contributed by atoms with Gasteiger partial charge in [0.25, 0.3) is 5.91 Å². The zero-order valence-electron chi connectivity index (χ0n) is 15.8. The lowest BCUT2D eigenvalue weighted by molar-refractivity contribution is 0.102. The molecule has 0 aliphatic carbocycles. The second-order valence-corrected chi connectivity index (χ2v) is 9.37. The van der Waals surface area contributed by atoms with E-state index in [-0.39, 0.29) is 10.8 Å². The highest BCUT2D eigenvalue weighted by Crippen LogP contribution is 2.26. The van der Waals surface area contributed by atoms with E-state index >= 15 is 0 Å². The second-order valence-electron chi connectivity index (χ2n) is 7.43. The zero-order valence-corrected chi connectivity index (χ0v) is 16.7. The molecule has 0 radical (unpaired) electrons. The van der Waals surface area contributed by atoms with Crippen molar-refractivity contribution in [3.63, 3.8) is 0 Å². The Bertz CT molecular complexity index is 916. The average Bonchev–Trinajstić information content (AvgIpc) is 2.61. The molecule has 1 aromatic heterocycles. The van der Waals surface area contributed by atoms with Crippen LogP contribution in [0.5, 0.6) is 0 Å². The maximum atomic E-state index is 12.9. The Balaban J connectivity index is 1.75. The van der Waals surface area contributed by atoms with Crippen molar-refractivity contribution in [3.8, 4) is 0 Å². The quantitative estimate of drug-likeness (QED) is 0.873. The molecule has 1 aromatic carbocycles. The van der Waals surface area contributed by atoms with Crippen LogP contribution in [0, 0.1) is 18.8 Å². The molecule has 3 rings (SSSR count). The van der Waals surface area contributed by atoms with Crippen LogP contribution in [-0.4, -0.2) is 36.7 Å². The summed E-state index contributed by atoms with van der Waals surface area (Å²) in [6, 6.07) is 9.59. The van der Waals surface area contributed by atoms with Gasteiger partial charge in [0.1, 0.15) is 0 Å². The number of hydrogen-bond acceptors (Lipinski definition) is 4. The van der Waals surface area contributed by atoms with Crippen LogP contribution in [0.1, 0.15) is 36.3 Å². The number of aryl methyl sites for hydroxylation is 1. The van der Waals surface area contributed by atoms with E-state index in [9.17, 15) is 13.2 Å². The monoisotopic (exact) mass is 387 g/mol. The van der Waals surface area contributed by atoms with E-state index in [2.05, 4.69) is 24.1 Å². The number of carbonyl (C=O) groups is 1. The molecule has 2 unspecified atom stereocenters. The van der Waals surface area contributed by atoms with Crippen molar-refractivity contribution in [1.29, 1.82) is 0 Å². The standard InChI is InChI=1S/C20H25N3O3S/c1-14-10-15(2)13-23(12-14)27(25,26)19-6-4-17(5-7-19)20(24)22-18-8-9-21-16(3)11-18/h4-9,11,14-15H,10,12-13H2,1-3H3,(H,21,22,24). The van der Waals surface area contributed by atoms with Crippen LogP contribution in [0.25, 0.3) is 0 Å². The van der Waals surface area contributed by atoms with Crippen LogP contribution in [-0.2, 0) is 10.0 Å². The Morgan fingerprint density at radius 2 is 1.74 bits per heavy atom. The smallest absolute Gasteiger partial charge is 0.255 e. The maximum Gasteiger partial charge on any atom is 0.255 e. The Kier molecular flexibility index (Phi) is 5.62. The van der Waals surface area contributed by atoms with Gasteiger partial charge in [-0.25, -0.2) is 8.42 Å². The lowest BCUT2D eigenvalue weighted by Crippen LogP contribution is -2.42. The molecule has 1 aliphatic rings. The molecule has 144 valence electrons. The van der Waals surface area contributed by atoms with Gasteiger partial charge in [-0.3, -0.25) is 9.78 Å². The van der Waals surface area contributed by atoms with Gasteiger partial charge < -0.3 is 5.32 Å². The number of hydrogen-bond donors (Lipinski definition) is 1. The summed E-state index contributed by atoms with van der Waals surface area (Å²) in [5, 5.41) is 2.79. The largest absolute Gasteiger partial charge is 0.322 e. The summed E-state index contributed by atoms with van der Waals surface area (Å²) in [5.41, 5.74) is 1.86. The third-order valence-corrected chi connectivity index (χ3v) is 6.59. The van der Waals surface area contributed by atoms with Crippen molar-refractivity contribution < 1.29 is 13.2 Å². The third-order valence-electron chi connectivity index (χ3n) is 4.74. The van der Waals surface area contributed by atoms with E-state index in [0.717, 1.165) is 12.1 Å². The minimum atomic E-state index is -3.54. The second kappa shape index (κ2) is 7.78. The summed E-state index contributed by atoms with van der Waals surface area (Å²) in [5.74, 6) is 0.402. The number of rotatable bonds is 4. The summed E-state index contributed by atoms with van der Waals surface area (Å²) in [7, 11) is -3.54. The van der Waals surface area contributed by atoms with Gasteiger partial charge in [-0.1, -0.05) is 13.8 Å². The Morgan fingerprint density at radius 1 is 1.11 bits per heavy atom. The predicted molar refractivity (Wildman–Crippen MR) is 105 cm³/mol. The van der Waals surface area contributed by atoms with E-state index in [1.165, 1.54) is 12.1 Å². The summed E-state index contributed by atoms with van der Waals surface area (Å²) in [6.45, 7) is 7.07. The summed E-state index contributed by atoms with van der Waals surface area (Å²) in [6.07, 6.45) is 2.67. The molecule has 6 nitrogen and oxygen atoms in total. The number of amides is 1. The van der Waals surface area contributed by atoms with Gasteiger partial charge in [-0.05, 0) is 61.6 Å². The molecular formula is C20H25N3O3S. The Hall–Kier alpha value is -2.25. The molecule has 2 atom stereocenters. The van der Waals surface area contributed by atoms with Crippen LogP contribution in [0.4, 0.5) is 5.69 Å².